The van der Waals surface area contributed by atoms with Crippen LogP contribution in [0.4, 0.5) is 0 Å². The fraction of sp³-hybridized carbons (Fsp3) is 0.900. The SMILES string of the molecule is CCNCC(C)C(=O)NC(CO)COC. The number of aliphatic hydroxyl groups is 1. The summed E-state index contributed by atoms with van der Waals surface area (Å²) in [6.45, 7) is 5.56. The minimum atomic E-state index is -0.313. The van der Waals surface area contributed by atoms with Gasteiger partial charge in [-0.1, -0.05) is 13.8 Å². The summed E-state index contributed by atoms with van der Waals surface area (Å²) < 4.78 is 4.87. The lowest BCUT2D eigenvalue weighted by Crippen LogP contribution is -2.45. The van der Waals surface area contributed by atoms with E-state index in [4.69, 9.17) is 9.84 Å². The maximum atomic E-state index is 11.6. The second-order valence-corrected chi connectivity index (χ2v) is 3.55. The number of methoxy groups -OCH3 is 1. The van der Waals surface area contributed by atoms with Crippen LogP contribution in [0.2, 0.25) is 0 Å². The topological polar surface area (TPSA) is 70.6 Å². The summed E-state index contributed by atoms with van der Waals surface area (Å²) in [5.74, 6) is -0.164. The summed E-state index contributed by atoms with van der Waals surface area (Å²) in [7, 11) is 1.54. The molecule has 0 heterocycles. The van der Waals surface area contributed by atoms with Gasteiger partial charge in [0.05, 0.1) is 19.3 Å². The molecular formula is C10H22N2O3. The standard InChI is InChI=1S/C10H22N2O3/c1-4-11-5-8(2)10(14)12-9(6-13)7-15-3/h8-9,11,13H,4-7H2,1-3H3,(H,12,14). The van der Waals surface area contributed by atoms with Gasteiger partial charge in [-0.25, -0.2) is 0 Å². The van der Waals surface area contributed by atoms with E-state index in [1.54, 1.807) is 0 Å². The van der Waals surface area contributed by atoms with Crippen LogP contribution < -0.4 is 10.6 Å². The molecule has 2 unspecified atom stereocenters. The Morgan fingerprint density at radius 2 is 2.20 bits per heavy atom. The highest BCUT2D eigenvalue weighted by molar-refractivity contribution is 5.78. The zero-order valence-corrected chi connectivity index (χ0v) is 9.75. The molecule has 0 fully saturated rings. The van der Waals surface area contributed by atoms with Crippen molar-refractivity contribution >= 4 is 5.91 Å². The van der Waals surface area contributed by atoms with Crippen molar-refractivity contribution in [1.29, 1.82) is 0 Å². The first-order valence-corrected chi connectivity index (χ1v) is 5.26. The maximum absolute atomic E-state index is 11.6. The Kier molecular flexibility index (Phi) is 8.27. The fourth-order valence-electron chi connectivity index (χ4n) is 1.14. The van der Waals surface area contributed by atoms with E-state index in [0.717, 1.165) is 6.54 Å². The van der Waals surface area contributed by atoms with E-state index in [9.17, 15) is 4.79 Å². The van der Waals surface area contributed by atoms with Gasteiger partial charge in [-0.05, 0) is 6.54 Å². The Labute approximate surface area is 91.2 Å². The third kappa shape index (κ3) is 6.43. The van der Waals surface area contributed by atoms with Crippen molar-refractivity contribution in [3.63, 3.8) is 0 Å². The van der Waals surface area contributed by atoms with Gasteiger partial charge in [0.1, 0.15) is 0 Å². The van der Waals surface area contributed by atoms with Crippen LogP contribution in [-0.2, 0) is 9.53 Å². The number of carbonyl (C=O) groups excluding carboxylic acids is 1. The number of amides is 1. The molecule has 0 aromatic heterocycles. The average molecular weight is 218 g/mol. The smallest absolute Gasteiger partial charge is 0.224 e. The van der Waals surface area contributed by atoms with Crippen LogP contribution >= 0.6 is 0 Å². The normalized spacial score (nSPS) is 14.7. The lowest BCUT2D eigenvalue weighted by Gasteiger charge is -2.18. The largest absolute Gasteiger partial charge is 0.394 e. The summed E-state index contributed by atoms with van der Waals surface area (Å²) in [5, 5.41) is 14.8. The number of hydrogen-bond acceptors (Lipinski definition) is 4. The third-order valence-corrected chi connectivity index (χ3v) is 2.08. The lowest BCUT2D eigenvalue weighted by atomic mass is 10.1. The van der Waals surface area contributed by atoms with E-state index in [1.807, 2.05) is 13.8 Å². The number of rotatable bonds is 8. The fourth-order valence-corrected chi connectivity index (χ4v) is 1.14. The first kappa shape index (κ1) is 14.3. The number of hydrogen-bond donors (Lipinski definition) is 3. The highest BCUT2D eigenvalue weighted by atomic mass is 16.5. The molecule has 0 aliphatic rings. The van der Waals surface area contributed by atoms with E-state index in [-0.39, 0.29) is 24.5 Å². The summed E-state index contributed by atoms with van der Waals surface area (Å²) in [4.78, 5) is 11.6. The molecule has 0 aromatic rings. The van der Waals surface area contributed by atoms with Crippen LogP contribution in [0, 0.1) is 5.92 Å². The second-order valence-electron chi connectivity index (χ2n) is 3.55. The van der Waals surface area contributed by atoms with E-state index >= 15 is 0 Å². The Morgan fingerprint density at radius 1 is 1.53 bits per heavy atom. The van der Waals surface area contributed by atoms with E-state index in [2.05, 4.69) is 10.6 Å². The van der Waals surface area contributed by atoms with Gasteiger partial charge in [0.15, 0.2) is 0 Å². The molecule has 0 rings (SSSR count). The van der Waals surface area contributed by atoms with Crippen LogP contribution in [0.25, 0.3) is 0 Å². The van der Waals surface area contributed by atoms with E-state index < -0.39 is 0 Å². The summed E-state index contributed by atoms with van der Waals surface area (Å²) in [6, 6.07) is -0.313. The summed E-state index contributed by atoms with van der Waals surface area (Å²) in [6.07, 6.45) is 0. The lowest BCUT2D eigenvalue weighted by molar-refractivity contribution is -0.125. The van der Waals surface area contributed by atoms with Gasteiger partial charge in [0.25, 0.3) is 0 Å². The molecule has 2 atom stereocenters. The predicted octanol–water partition coefficient (Wildman–Crippen LogP) is -0.644. The summed E-state index contributed by atoms with van der Waals surface area (Å²) >= 11 is 0. The second kappa shape index (κ2) is 8.64. The molecule has 0 spiro atoms. The van der Waals surface area contributed by atoms with Crippen molar-refractivity contribution in [2.75, 3.05) is 33.4 Å². The van der Waals surface area contributed by atoms with Gasteiger partial charge in [0, 0.05) is 19.6 Å². The Hall–Kier alpha value is -0.650. The minimum Gasteiger partial charge on any atom is -0.394 e. The Morgan fingerprint density at radius 3 is 2.67 bits per heavy atom. The maximum Gasteiger partial charge on any atom is 0.224 e. The third-order valence-electron chi connectivity index (χ3n) is 2.08. The van der Waals surface area contributed by atoms with Crippen molar-refractivity contribution in [1.82, 2.24) is 10.6 Å². The molecule has 5 heteroatoms. The van der Waals surface area contributed by atoms with Crippen LogP contribution in [0.5, 0.6) is 0 Å². The molecule has 0 aliphatic heterocycles. The molecule has 5 nitrogen and oxygen atoms in total. The molecule has 0 aliphatic carbocycles. The van der Waals surface area contributed by atoms with Gasteiger partial charge >= 0.3 is 0 Å². The van der Waals surface area contributed by atoms with Gasteiger partial charge < -0.3 is 20.5 Å². The minimum absolute atomic E-state index is 0.0629. The van der Waals surface area contributed by atoms with Gasteiger partial charge in [-0.2, -0.15) is 0 Å². The molecule has 0 saturated heterocycles. The van der Waals surface area contributed by atoms with Crippen molar-refractivity contribution in [2.24, 2.45) is 5.92 Å². The van der Waals surface area contributed by atoms with Crippen LogP contribution in [-0.4, -0.2) is 50.5 Å². The van der Waals surface area contributed by atoms with Gasteiger partial charge in [0.2, 0.25) is 5.91 Å². The molecular weight excluding hydrogens is 196 g/mol. The molecule has 3 N–H and O–H groups in total. The highest BCUT2D eigenvalue weighted by Crippen LogP contribution is 1.94. The molecule has 1 amide bonds. The van der Waals surface area contributed by atoms with Gasteiger partial charge in [-0.3, -0.25) is 4.79 Å². The molecule has 0 radical (unpaired) electrons. The van der Waals surface area contributed by atoms with Crippen LogP contribution in [0.15, 0.2) is 0 Å². The number of aliphatic hydroxyl groups excluding tert-OH is 1. The highest BCUT2D eigenvalue weighted by Gasteiger charge is 2.16. The van der Waals surface area contributed by atoms with Crippen molar-refractivity contribution in [3.05, 3.63) is 0 Å². The number of carbonyl (C=O) groups is 1. The van der Waals surface area contributed by atoms with E-state index in [0.29, 0.717) is 13.2 Å². The first-order valence-electron chi connectivity index (χ1n) is 5.26. The molecule has 0 aromatic carbocycles. The quantitative estimate of drug-likeness (QED) is 0.506. The first-order chi connectivity index (χ1) is 7.15. The average Bonchev–Trinajstić information content (AvgIpc) is 2.24. The van der Waals surface area contributed by atoms with E-state index in [1.165, 1.54) is 7.11 Å². The van der Waals surface area contributed by atoms with Crippen LogP contribution in [0.3, 0.4) is 0 Å². The monoisotopic (exact) mass is 218 g/mol. The summed E-state index contributed by atoms with van der Waals surface area (Å²) in [5.41, 5.74) is 0. The predicted molar refractivity (Wildman–Crippen MR) is 58.6 cm³/mol. The molecule has 0 saturated carbocycles. The van der Waals surface area contributed by atoms with Crippen molar-refractivity contribution in [3.8, 4) is 0 Å². The Balaban J connectivity index is 3.87. The number of nitrogens with one attached hydrogen (secondary N) is 2. The molecule has 0 bridgehead atoms. The van der Waals surface area contributed by atoms with Gasteiger partial charge in [-0.15, -0.1) is 0 Å². The molecule has 15 heavy (non-hydrogen) atoms. The van der Waals surface area contributed by atoms with Crippen LogP contribution in [0.1, 0.15) is 13.8 Å². The van der Waals surface area contributed by atoms with Crippen molar-refractivity contribution < 1.29 is 14.6 Å². The molecule has 90 valence electrons. The number of ether oxygens (including phenoxy) is 1. The Bertz CT molecular complexity index is 176. The van der Waals surface area contributed by atoms with Crippen molar-refractivity contribution in [2.45, 2.75) is 19.9 Å². The zero-order valence-electron chi connectivity index (χ0n) is 9.75. The zero-order chi connectivity index (χ0) is 11.7.